The van der Waals surface area contributed by atoms with Crippen molar-refractivity contribution in [2.24, 2.45) is 5.92 Å². The second kappa shape index (κ2) is 8.56. The minimum Gasteiger partial charge on any atom is -0.341 e. The zero-order valence-corrected chi connectivity index (χ0v) is 14.0. The third kappa shape index (κ3) is 5.27. The van der Waals surface area contributed by atoms with Gasteiger partial charge in [0.2, 0.25) is 5.91 Å². The molecule has 1 heterocycles. The maximum absolute atomic E-state index is 12.8. The topological polar surface area (TPSA) is 61.4 Å². The highest BCUT2D eigenvalue weighted by Gasteiger charge is 2.28. The molecule has 23 heavy (non-hydrogen) atoms. The first-order valence-electron chi connectivity index (χ1n) is 8.49. The number of urea groups is 1. The number of amides is 3. The molecule has 1 aromatic carbocycles. The van der Waals surface area contributed by atoms with Crippen molar-refractivity contribution in [1.29, 1.82) is 0 Å². The van der Waals surface area contributed by atoms with Crippen LogP contribution in [0.25, 0.3) is 0 Å². The van der Waals surface area contributed by atoms with Crippen LogP contribution in [0.2, 0.25) is 0 Å². The Hall–Kier alpha value is -2.04. The number of hydrogen-bond acceptors (Lipinski definition) is 2. The highest BCUT2D eigenvalue weighted by atomic mass is 16.2. The van der Waals surface area contributed by atoms with Gasteiger partial charge in [-0.3, -0.25) is 4.79 Å². The van der Waals surface area contributed by atoms with Crippen LogP contribution in [0.3, 0.4) is 0 Å². The molecular formula is C18H27N3O2. The van der Waals surface area contributed by atoms with E-state index in [0.717, 1.165) is 31.6 Å². The quantitative estimate of drug-likeness (QED) is 0.895. The maximum Gasteiger partial charge on any atom is 0.319 e. The van der Waals surface area contributed by atoms with E-state index in [4.69, 9.17) is 0 Å². The monoisotopic (exact) mass is 317 g/mol. The Morgan fingerprint density at radius 2 is 1.61 bits per heavy atom. The lowest BCUT2D eigenvalue weighted by molar-refractivity contribution is -0.134. The molecule has 1 saturated heterocycles. The van der Waals surface area contributed by atoms with Gasteiger partial charge in [0.15, 0.2) is 0 Å². The minimum atomic E-state index is -0.489. The molecule has 1 fully saturated rings. The van der Waals surface area contributed by atoms with Crippen LogP contribution < -0.4 is 10.6 Å². The summed E-state index contributed by atoms with van der Waals surface area (Å²) in [5.41, 5.74) is 0.717. The molecule has 0 saturated carbocycles. The summed E-state index contributed by atoms with van der Waals surface area (Å²) in [5.74, 6) is 0.0809. The Morgan fingerprint density at radius 3 is 2.17 bits per heavy atom. The van der Waals surface area contributed by atoms with E-state index in [1.807, 2.05) is 49.1 Å². The van der Waals surface area contributed by atoms with Gasteiger partial charge in [-0.15, -0.1) is 0 Å². The van der Waals surface area contributed by atoms with Crippen molar-refractivity contribution in [2.75, 3.05) is 18.4 Å². The van der Waals surface area contributed by atoms with E-state index in [1.54, 1.807) is 0 Å². The van der Waals surface area contributed by atoms with Crippen LogP contribution in [0.5, 0.6) is 0 Å². The fraction of sp³-hybridized carbons (Fsp3) is 0.556. The van der Waals surface area contributed by atoms with Gasteiger partial charge in [-0.1, -0.05) is 44.9 Å². The molecule has 1 aliphatic rings. The number of para-hydroxylation sites is 1. The number of likely N-dealkylation sites (tertiary alicyclic amines) is 1. The Balaban J connectivity index is 1.97. The lowest BCUT2D eigenvalue weighted by Gasteiger charge is -2.29. The Bertz CT molecular complexity index is 508. The lowest BCUT2D eigenvalue weighted by Crippen LogP contribution is -2.52. The molecular weight excluding hydrogens is 290 g/mol. The van der Waals surface area contributed by atoms with Gasteiger partial charge in [-0.25, -0.2) is 4.79 Å². The average Bonchev–Trinajstić information content (AvgIpc) is 2.82. The lowest BCUT2D eigenvalue weighted by atomic mass is 10.0. The molecule has 1 aliphatic heterocycles. The van der Waals surface area contributed by atoms with Crippen molar-refractivity contribution >= 4 is 17.6 Å². The fourth-order valence-corrected chi connectivity index (χ4v) is 2.83. The number of nitrogens with one attached hydrogen (secondary N) is 2. The summed E-state index contributed by atoms with van der Waals surface area (Å²) in [6.45, 7) is 5.51. The molecule has 2 N–H and O–H groups in total. The minimum absolute atomic E-state index is 0.0325. The van der Waals surface area contributed by atoms with E-state index < -0.39 is 6.04 Å². The average molecular weight is 317 g/mol. The zero-order valence-electron chi connectivity index (χ0n) is 14.0. The number of carbonyl (C=O) groups excluding carboxylic acids is 2. The highest BCUT2D eigenvalue weighted by molar-refractivity contribution is 5.93. The van der Waals surface area contributed by atoms with Gasteiger partial charge in [0, 0.05) is 18.8 Å². The normalized spacial score (nSPS) is 16.6. The number of nitrogens with zero attached hydrogens (tertiary/aromatic N) is 1. The molecule has 3 amide bonds. The van der Waals surface area contributed by atoms with Gasteiger partial charge in [-0.2, -0.15) is 0 Å². The largest absolute Gasteiger partial charge is 0.341 e. The van der Waals surface area contributed by atoms with E-state index in [1.165, 1.54) is 12.8 Å². The first kappa shape index (κ1) is 17.3. The van der Waals surface area contributed by atoms with Crippen LogP contribution in [0.15, 0.2) is 30.3 Å². The van der Waals surface area contributed by atoms with Crippen molar-refractivity contribution in [1.82, 2.24) is 10.2 Å². The van der Waals surface area contributed by atoms with Gasteiger partial charge in [-0.05, 0) is 30.9 Å². The third-order valence-corrected chi connectivity index (χ3v) is 4.17. The summed E-state index contributed by atoms with van der Waals surface area (Å²) < 4.78 is 0. The molecule has 5 nitrogen and oxygen atoms in total. The summed E-state index contributed by atoms with van der Waals surface area (Å²) in [7, 11) is 0. The third-order valence-electron chi connectivity index (χ3n) is 4.17. The molecule has 0 aliphatic carbocycles. The van der Waals surface area contributed by atoms with Gasteiger partial charge < -0.3 is 15.5 Å². The van der Waals surface area contributed by atoms with Crippen LogP contribution in [0, 0.1) is 5.92 Å². The fourth-order valence-electron chi connectivity index (χ4n) is 2.83. The molecule has 126 valence electrons. The van der Waals surface area contributed by atoms with E-state index in [2.05, 4.69) is 10.6 Å². The predicted molar refractivity (Wildman–Crippen MR) is 92.3 cm³/mol. The molecule has 0 bridgehead atoms. The molecule has 0 spiro atoms. The smallest absolute Gasteiger partial charge is 0.319 e. The predicted octanol–water partition coefficient (Wildman–Crippen LogP) is 3.24. The number of benzene rings is 1. The van der Waals surface area contributed by atoms with E-state index >= 15 is 0 Å². The van der Waals surface area contributed by atoms with E-state index in [0.29, 0.717) is 0 Å². The van der Waals surface area contributed by atoms with Crippen LogP contribution in [-0.4, -0.2) is 36.0 Å². The van der Waals surface area contributed by atoms with Crippen LogP contribution in [-0.2, 0) is 4.79 Å². The van der Waals surface area contributed by atoms with Crippen LogP contribution >= 0.6 is 0 Å². The molecule has 1 aromatic rings. The van der Waals surface area contributed by atoms with Gasteiger partial charge in [0.05, 0.1) is 0 Å². The number of rotatable bonds is 4. The number of carbonyl (C=O) groups is 2. The van der Waals surface area contributed by atoms with E-state index in [9.17, 15) is 9.59 Å². The maximum atomic E-state index is 12.8. The zero-order chi connectivity index (χ0) is 16.7. The van der Waals surface area contributed by atoms with E-state index in [-0.39, 0.29) is 17.9 Å². The molecule has 2 rings (SSSR count). The van der Waals surface area contributed by atoms with Crippen LogP contribution in [0.1, 0.15) is 39.5 Å². The van der Waals surface area contributed by atoms with Crippen molar-refractivity contribution in [3.63, 3.8) is 0 Å². The van der Waals surface area contributed by atoms with Gasteiger partial charge in [0.25, 0.3) is 0 Å². The first-order chi connectivity index (χ1) is 11.1. The summed E-state index contributed by atoms with van der Waals surface area (Å²) in [4.78, 5) is 26.9. The SMILES string of the molecule is CC(C)C(NC(=O)Nc1ccccc1)C(=O)N1CCCCCC1. The molecule has 0 radical (unpaired) electrons. The molecule has 1 unspecified atom stereocenters. The Morgan fingerprint density at radius 1 is 1.00 bits per heavy atom. The van der Waals surface area contributed by atoms with Crippen molar-refractivity contribution < 1.29 is 9.59 Å². The van der Waals surface area contributed by atoms with Crippen molar-refractivity contribution in [3.8, 4) is 0 Å². The number of hydrogen-bond donors (Lipinski definition) is 2. The second-order valence-corrected chi connectivity index (χ2v) is 6.43. The summed E-state index contributed by atoms with van der Waals surface area (Å²) in [6, 6.07) is 8.43. The first-order valence-corrected chi connectivity index (χ1v) is 8.49. The molecule has 0 aromatic heterocycles. The van der Waals surface area contributed by atoms with Crippen molar-refractivity contribution in [3.05, 3.63) is 30.3 Å². The second-order valence-electron chi connectivity index (χ2n) is 6.43. The van der Waals surface area contributed by atoms with Gasteiger partial charge >= 0.3 is 6.03 Å². The summed E-state index contributed by atoms with van der Waals surface area (Å²) in [5, 5.41) is 5.62. The standard InChI is InChI=1S/C18H27N3O2/c1-14(2)16(17(22)21-12-8-3-4-9-13-21)20-18(23)19-15-10-6-5-7-11-15/h5-7,10-11,14,16H,3-4,8-9,12-13H2,1-2H3,(H2,19,20,23). The van der Waals surface area contributed by atoms with Gasteiger partial charge in [0.1, 0.15) is 6.04 Å². The summed E-state index contributed by atoms with van der Waals surface area (Å²) in [6.07, 6.45) is 4.45. The Labute approximate surface area is 138 Å². The number of anilines is 1. The molecule has 1 atom stereocenters. The highest BCUT2D eigenvalue weighted by Crippen LogP contribution is 2.14. The summed E-state index contributed by atoms with van der Waals surface area (Å²) >= 11 is 0. The Kier molecular flexibility index (Phi) is 6.44. The van der Waals surface area contributed by atoms with Crippen LogP contribution in [0.4, 0.5) is 10.5 Å². The van der Waals surface area contributed by atoms with Crippen molar-refractivity contribution in [2.45, 2.75) is 45.6 Å². The molecule has 5 heteroatoms.